The molecular formula is C10H22ClNO3S. The lowest BCUT2D eigenvalue weighted by Gasteiger charge is -2.13. The van der Waals surface area contributed by atoms with E-state index < -0.39 is 10.0 Å². The SMILES string of the molecule is CCCCCCS(=O)(=O)N(Cl)CCCCO. The molecule has 0 rings (SSSR count). The molecule has 98 valence electrons. The number of aliphatic hydroxyl groups is 1. The van der Waals surface area contributed by atoms with Crippen molar-refractivity contribution in [3.8, 4) is 0 Å². The highest BCUT2D eigenvalue weighted by atomic mass is 35.5. The summed E-state index contributed by atoms with van der Waals surface area (Å²) in [6, 6.07) is 0. The first-order valence-electron chi connectivity index (χ1n) is 5.81. The molecule has 0 saturated carbocycles. The Bertz CT molecular complexity index is 257. The van der Waals surface area contributed by atoms with Crippen LogP contribution in [0, 0.1) is 0 Å². The monoisotopic (exact) mass is 271 g/mol. The maximum absolute atomic E-state index is 11.6. The zero-order valence-electron chi connectivity index (χ0n) is 9.86. The van der Waals surface area contributed by atoms with Crippen molar-refractivity contribution in [3.05, 3.63) is 0 Å². The van der Waals surface area contributed by atoms with Gasteiger partial charge in [-0.3, -0.25) is 0 Å². The molecule has 0 aromatic carbocycles. The van der Waals surface area contributed by atoms with Crippen molar-refractivity contribution in [2.45, 2.75) is 45.4 Å². The predicted molar refractivity (Wildman–Crippen MR) is 66.8 cm³/mol. The number of hydrogen-bond donors (Lipinski definition) is 1. The van der Waals surface area contributed by atoms with Gasteiger partial charge in [0.25, 0.3) is 0 Å². The van der Waals surface area contributed by atoms with Gasteiger partial charge in [-0.15, -0.1) is 3.82 Å². The molecule has 0 aliphatic heterocycles. The van der Waals surface area contributed by atoms with Gasteiger partial charge in [-0.1, -0.05) is 26.2 Å². The molecule has 0 bridgehead atoms. The molecule has 1 N–H and O–H groups in total. The van der Waals surface area contributed by atoms with E-state index in [2.05, 4.69) is 6.92 Å². The topological polar surface area (TPSA) is 57.6 Å². The highest BCUT2D eigenvalue weighted by Gasteiger charge is 2.18. The number of hydrogen-bond acceptors (Lipinski definition) is 3. The Morgan fingerprint density at radius 2 is 1.81 bits per heavy atom. The lowest BCUT2D eigenvalue weighted by Crippen LogP contribution is -2.25. The van der Waals surface area contributed by atoms with Crippen LogP contribution in [0.3, 0.4) is 0 Å². The van der Waals surface area contributed by atoms with Gasteiger partial charge >= 0.3 is 0 Å². The van der Waals surface area contributed by atoms with Crippen molar-refractivity contribution >= 4 is 21.8 Å². The Morgan fingerprint density at radius 1 is 1.12 bits per heavy atom. The quantitative estimate of drug-likeness (QED) is 0.489. The molecule has 0 aliphatic rings. The van der Waals surface area contributed by atoms with E-state index in [9.17, 15) is 8.42 Å². The van der Waals surface area contributed by atoms with E-state index in [1.54, 1.807) is 0 Å². The molecule has 0 radical (unpaired) electrons. The van der Waals surface area contributed by atoms with E-state index in [1.165, 1.54) is 0 Å². The fourth-order valence-electron chi connectivity index (χ4n) is 1.30. The maximum Gasteiger partial charge on any atom is 0.227 e. The number of sulfonamides is 1. The summed E-state index contributed by atoms with van der Waals surface area (Å²) in [7, 11) is -3.30. The van der Waals surface area contributed by atoms with Crippen molar-refractivity contribution < 1.29 is 13.5 Å². The van der Waals surface area contributed by atoms with Crippen LogP contribution in [-0.4, -0.2) is 36.3 Å². The summed E-state index contributed by atoms with van der Waals surface area (Å²) in [5.74, 6) is 0.121. The molecule has 0 heterocycles. The van der Waals surface area contributed by atoms with E-state index in [1.807, 2.05) is 0 Å². The summed E-state index contributed by atoms with van der Waals surface area (Å²) >= 11 is 5.68. The Balaban J connectivity index is 3.82. The number of aliphatic hydroxyl groups excluding tert-OH is 1. The Kier molecular flexibility index (Phi) is 9.31. The predicted octanol–water partition coefficient (Wildman–Crippen LogP) is 2.12. The van der Waals surface area contributed by atoms with Crippen LogP contribution >= 0.6 is 11.8 Å². The molecule has 0 fully saturated rings. The third-order valence-electron chi connectivity index (χ3n) is 2.30. The van der Waals surface area contributed by atoms with Gasteiger partial charge < -0.3 is 5.11 Å². The molecule has 4 nitrogen and oxygen atoms in total. The number of halogens is 1. The summed E-state index contributed by atoms with van der Waals surface area (Å²) in [6.07, 6.45) is 4.91. The van der Waals surface area contributed by atoms with Gasteiger partial charge in [0.15, 0.2) is 0 Å². The Morgan fingerprint density at radius 3 is 2.38 bits per heavy atom. The molecule has 16 heavy (non-hydrogen) atoms. The molecule has 0 aliphatic carbocycles. The summed E-state index contributed by atoms with van der Waals surface area (Å²) in [6.45, 7) is 2.43. The molecule has 0 saturated heterocycles. The largest absolute Gasteiger partial charge is 0.396 e. The average molecular weight is 272 g/mol. The molecule has 0 aromatic heterocycles. The standard InChI is InChI=1S/C10H22ClNO3S/c1-2-3-4-7-10-16(14,15)12(11)8-5-6-9-13/h13H,2-10H2,1H3. The molecule has 0 aromatic rings. The third kappa shape index (κ3) is 7.44. The van der Waals surface area contributed by atoms with Crippen LogP contribution in [0.5, 0.6) is 0 Å². The van der Waals surface area contributed by atoms with Crippen molar-refractivity contribution in [1.82, 2.24) is 3.82 Å². The maximum atomic E-state index is 11.6. The van der Waals surface area contributed by atoms with Crippen molar-refractivity contribution in [1.29, 1.82) is 0 Å². The van der Waals surface area contributed by atoms with Crippen LogP contribution in [0.4, 0.5) is 0 Å². The van der Waals surface area contributed by atoms with Gasteiger partial charge in [-0.2, -0.15) is 0 Å². The second kappa shape index (κ2) is 9.22. The van der Waals surface area contributed by atoms with E-state index in [0.717, 1.165) is 23.1 Å². The zero-order valence-corrected chi connectivity index (χ0v) is 11.4. The fraction of sp³-hybridized carbons (Fsp3) is 1.00. The number of unbranched alkanes of at least 4 members (excludes halogenated alkanes) is 4. The summed E-state index contributed by atoms with van der Waals surface area (Å²) in [4.78, 5) is 0. The second-order valence-electron chi connectivity index (χ2n) is 3.82. The molecule has 0 amide bonds. The Hall–Kier alpha value is 0.160. The first-order valence-corrected chi connectivity index (χ1v) is 7.76. The van der Waals surface area contributed by atoms with Crippen LogP contribution in [-0.2, 0) is 10.0 Å². The van der Waals surface area contributed by atoms with Gasteiger partial charge in [0.05, 0.1) is 5.75 Å². The summed E-state index contributed by atoms with van der Waals surface area (Å²) in [5, 5.41) is 8.57. The van der Waals surface area contributed by atoms with E-state index in [4.69, 9.17) is 16.9 Å². The van der Waals surface area contributed by atoms with Gasteiger partial charge in [0.1, 0.15) is 0 Å². The lowest BCUT2D eigenvalue weighted by atomic mass is 10.2. The van der Waals surface area contributed by atoms with Crippen LogP contribution in [0.1, 0.15) is 45.4 Å². The average Bonchev–Trinajstić information content (AvgIpc) is 2.24. The van der Waals surface area contributed by atoms with Crippen molar-refractivity contribution in [2.75, 3.05) is 18.9 Å². The highest BCUT2D eigenvalue weighted by Crippen LogP contribution is 2.11. The van der Waals surface area contributed by atoms with Gasteiger partial charge in [0, 0.05) is 13.2 Å². The van der Waals surface area contributed by atoms with Crippen LogP contribution in [0.25, 0.3) is 0 Å². The molecule has 6 heteroatoms. The first-order chi connectivity index (χ1) is 7.54. The van der Waals surface area contributed by atoms with Crippen LogP contribution < -0.4 is 0 Å². The van der Waals surface area contributed by atoms with Crippen molar-refractivity contribution in [2.24, 2.45) is 0 Å². The fourth-order valence-corrected chi connectivity index (χ4v) is 2.80. The molecule has 0 unspecified atom stereocenters. The van der Waals surface area contributed by atoms with Crippen molar-refractivity contribution in [3.63, 3.8) is 0 Å². The van der Waals surface area contributed by atoms with Crippen LogP contribution in [0.2, 0.25) is 0 Å². The lowest BCUT2D eigenvalue weighted by molar-refractivity contribution is 0.282. The minimum atomic E-state index is -3.30. The second-order valence-corrected chi connectivity index (χ2v) is 6.44. The van der Waals surface area contributed by atoms with Gasteiger partial charge in [-0.25, -0.2) is 8.42 Å². The minimum Gasteiger partial charge on any atom is -0.396 e. The Labute approximate surface area is 104 Å². The number of nitrogens with zero attached hydrogens (tertiary/aromatic N) is 1. The highest BCUT2D eigenvalue weighted by molar-refractivity contribution is 7.89. The third-order valence-corrected chi connectivity index (χ3v) is 4.69. The van der Waals surface area contributed by atoms with E-state index >= 15 is 0 Å². The smallest absolute Gasteiger partial charge is 0.227 e. The first kappa shape index (κ1) is 16.2. The van der Waals surface area contributed by atoms with Gasteiger partial charge in [0.2, 0.25) is 10.0 Å². The molecular weight excluding hydrogens is 250 g/mol. The zero-order chi connectivity index (χ0) is 12.4. The summed E-state index contributed by atoms with van der Waals surface area (Å²) < 4.78 is 24.1. The molecule has 0 spiro atoms. The molecule has 0 atom stereocenters. The normalized spacial score (nSPS) is 12.2. The summed E-state index contributed by atoms with van der Waals surface area (Å²) in [5.41, 5.74) is 0. The van der Waals surface area contributed by atoms with Gasteiger partial charge in [-0.05, 0) is 31.0 Å². The number of rotatable bonds is 10. The van der Waals surface area contributed by atoms with Crippen LogP contribution in [0.15, 0.2) is 0 Å². The van der Waals surface area contributed by atoms with E-state index in [-0.39, 0.29) is 18.9 Å². The van der Waals surface area contributed by atoms with E-state index in [0.29, 0.717) is 19.3 Å². The minimum absolute atomic E-state index is 0.0707.